The van der Waals surface area contributed by atoms with Crippen LogP contribution in [0.15, 0.2) is 0 Å². The van der Waals surface area contributed by atoms with Crippen LogP contribution in [0.4, 0.5) is 0 Å². The summed E-state index contributed by atoms with van der Waals surface area (Å²) in [5.41, 5.74) is 0.248. The lowest BCUT2D eigenvalue weighted by molar-refractivity contribution is 0.514. The highest BCUT2D eigenvalue weighted by Crippen LogP contribution is 2.15. The molecule has 0 N–H and O–H groups in total. The van der Waals surface area contributed by atoms with Crippen molar-refractivity contribution in [2.75, 3.05) is 0 Å². The van der Waals surface area contributed by atoms with Crippen LogP contribution in [0, 0.1) is 21.7 Å². The first-order valence-corrected chi connectivity index (χ1v) is 3.60. The summed E-state index contributed by atoms with van der Waals surface area (Å²) < 4.78 is 2.79. The fraction of sp³-hybridized carbons (Fsp3) is 0.571. The molecule has 0 aromatic heterocycles. The van der Waals surface area contributed by atoms with Crippen molar-refractivity contribution >= 4 is 22.6 Å². The molecule has 0 nitrogen and oxygen atoms in total. The van der Waals surface area contributed by atoms with Gasteiger partial charge >= 0.3 is 0 Å². The molecule has 0 saturated carbocycles. The minimum absolute atomic E-state index is 0.248. The monoisotopic (exact) mass is 221 g/mol. The Morgan fingerprint density at radius 2 is 1.88 bits per heavy atom. The lowest BCUT2D eigenvalue weighted by Gasteiger charge is -2.11. The summed E-state index contributed by atoms with van der Waals surface area (Å²) in [5, 5.41) is 0. The molecule has 0 atom stereocenters. The quantitative estimate of drug-likeness (QED) is 0.435. The molecule has 0 unspecified atom stereocenters. The van der Waals surface area contributed by atoms with Gasteiger partial charge in [-0.2, -0.15) is 0 Å². The Bertz CT molecular complexity index is 109. The first-order chi connectivity index (χ1) is 3.56. The van der Waals surface area contributed by atoms with Gasteiger partial charge in [0.2, 0.25) is 0 Å². The van der Waals surface area contributed by atoms with Crippen LogP contribution in [-0.2, 0) is 0 Å². The average molecular weight is 221 g/mol. The van der Waals surface area contributed by atoms with Crippen LogP contribution in [0.5, 0.6) is 0 Å². The third-order valence-electron chi connectivity index (χ3n) is 0.560. The van der Waals surface area contributed by atoms with E-state index in [0.29, 0.717) is 0 Å². The van der Waals surface area contributed by atoms with E-state index in [0.717, 1.165) is 0 Å². The lowest BCUT2D eigenvalue weighted by Crippen LogP contribution is -2.02. The Labute approximate surface area is 65.2 Å². The highest BCUT2D eigenvalue weighted by Gasteiger charge is 2.06. The van der Waals surface area contributed by atoms with Gasteiger partial charge in [0.25, 0.3) is 0 Å². The van der Waals surface area contributed by atoms with E-state index in [1.165, 1.54) is 0 Å². The van der Waals surface area contributed by atoms with Crippen molar-refractivity contribution < 1.29 is 0 Å². The molecule has 0 aliphatic rings. The summed E-state index contributed by atoms with van der Waals surface area (Å²) in [4.78, 5) is 0. The van der Waals surface area contributed by atoms with Gasteiger partial charge in [0.05, 0.1) is 0 Å². The SMILES string of the molecule is CC(C)(C)[CH]C#CI. The van der Waals surface area contributed by atoms with Gasteiger partial charge in [0, 0.05) is 29.0 Å². The van der Waals surface area contributed by atoms with Crippen LogP contribution in [0.25, 0.3) is 0 Å². The molecule has 0 saturated heterocycles. The predicted molar refractivity (Wildman–Crippen MR) is 45.6 cm³/mol. The second-order valence-corrected chi connectivity index (χ2v) is 3.29. The smallest absolute Gasteiger partial charge is 0.0402 e. The number of halogens is 1. The molecule has 0 aromatic carbocycles. The molecular formula is C7H10I. The maximum Gasteiger partial charge on any atom is 0.0402 e. The van der Waals surface area contributed by atoms with Crippen molar-refractivity contribution in [1.29, 1.82) is 0 Å². The van der Waals surface area contributed by atoms with Gasteiger partial charge in [0.15, 0.2) is 0 Å². The summed E-state index contributed by atoms with van der Waals surface area (Å²) in [7, 11) is 0. The van der Waals surface area contributed by atoms with Gasteiger partial charge in [-0.3, -0.25) is 0 Å². The molecule has 45 valence electrons. The fourth-order valence-electron chi connectivity index (χ4n) is 0.244. The Morgan fingerprint density at radius 1 is 1.38 bits per heavy atom. The fourth-order valence-corrected chi connectivity index (χ4v) is 0.399. The third kappa shape index (κ3) is 6.29. The van der Waals surface area contributed by atoms with Gasteiger partial charge in [-0.25, -0.2) is 0 Å². The first kappa shape index (κ1) is 8.29. The molecular weight excluding hydrogens is 211 g/mol. The highest BCUT2D eigenvalue weighted by atomic mass is 127. The van der Waals surface area contributed by atoms with Crippen molar-refractivity contribution in [2.45, 2.75) is 20.8 Å². The second kappa shape index (κ2) is 3.34. The molecule has 0 aliphatic heterocycles. The predicted octanol–water partition coefficient (Wildman–Crippen LogP) is 2.63. The Balaban J connectivity index is 3.50. The van der Waals surface area contributed by atoms with Gasteiger partial charge in [-0.15, -0.1) is 0 Å². The van der Waals surface area contributed by atoms with E-state index in [1.807, 2.05) is 29.0 Å². The topological polar surface area (TPSA) is 0 Å². The highest BCUT2D eigenvalue weighted by molar-refractivity contribution is 14.1. The van der Waals surface area contributed by atoms with Crippen molar-refractivity contribution in [3.8, 4) is 9.85 Å². The van der Waals surface area contributed by atoms with Crippen LogP contribution < -0.4 is 0 Å². The minimum Gasteiger partial charge on any atom is -0.0866 e. The number of rotatable bonds is 0. The van der Waals surface area contributed by atoms with E-state index in [9.17, 15) is 0 Å². The van der Waals surface area contributed by atoms with Gasteiger partial charge < -0.3 is 0 Å². The van der Waals surface area contributed by atoms with Crippen molar-refractivity contribution in [3.05, 3.63) is 6.42 Å². The standard InChI is InChI=1S/C7H10I/c1-7(2,3)5-4-6-8/h5H,1-3H3. The Kier molecular flexibility index (Phi) is 3.46. The summed E-state index contributed by atoms with van der Waals surface area (Å²) in [5.74, 6) is 2.90. The van der Waals surface area contributed by atoms with Gasteiger partial charge in [0.1, 0.15) is 0 Å². The molecule has 0 spiro atoms. The largest absolute Gasteiger partial charge is 0.0866 e. The zero-order valence-electron chi connectivity index (χ0n) is 5.46. The lowest BCUT2D eigenvalue weighted by atomic mass is 9.93. The third-order valence-corrected chi connectivity index (χ3v) is 0.871. The van der Waals surface area contributed by atoms with Crippen molar-refractivity contribution in [1.82, 2.24) is 0 Å². The van der Waals surface area contributed by atoms with E-state index in [-0.39, 0.29) is 5.41 Å². The maximum absolute atomic E-state index is 2.90. The van der Waals surface area contributed by atoms with Crippen LogP contribution in [0.3, 0.4) is 0 Å². The molecule has 0 heterocycles. The molecule has 0 fully saturated rings. The number of hydrogen-bond acceptors (Lipinski definition) is 0. The Hall–Kier alpha value is 0.290. The van der Waals surface area contributed by atoms with Crippen molar-refractivity contribution in [3.63, 3.8) is 0 Å². The van der Waals surface area contributed by atoms with E-state index in [1.54, 1.807) is 0 Å². The zero-order chi connectivity index (χ0) is 6.62. The molecule has 8 heavy (non-hydrogen) atoms. The minimum atomic E-state index is 0.248. The summed E-state index contributed by atoms with van der Waals surface area (Å²) in [6.45, 7) is 6.40. The molecule has 0 aromatic rings. The van der Waals surface area contributed by atoms with Crippen LogP contribution in [0.2, 0.25) is 0 Å². The molecule has 1 heteroatoms. The summed E-state index contributed by atoms with van der Waals surface area (Å²) in [6, 6.07) is 0. The van der Waals surface area contributed by atoms with Gasteiger partial charge in [-0.05, 0) is 9.34 Å². The van der Waals surface area contributed by atoms with Gasteiger partial charge in [-0.1, -0.05) is 26.7 Å². The molecule has 0 bridgehead atoms. The molecule has 0 amide bonds. The van der Waals surface area contributed by atoms with E-state index in [2.05, 4.69) is 30.6 Å². The average Bonchev–Trinajstić information content (AvgIpc) is 1.59. The summed E-state index contributed by atoms with van der Waals surface area (Å²) in [6.07, 6.45) is 2.00. The van der Waals surface area contributed by atoms with Crippen LogP contribution >= 0.6 is 22.6 Å². The van der Waals surface area contributed by atoms with E-state index in [4.69, 9.17) is 0 Å². The molecule has 0 aliphatic carbocycles. The van der Waals surface area contributed by atoms with Crippen LogP contribution in [-0.4, -0.2) is 0 Å². The van der Waals surface area contributed by atoms with Crippen molar-refractivity contribution in [2.24, 2.45) is 5.41 Å². The second-order valence-electron chi connectivity index (χ2n) is 2.75. The first-order valence-electron chi connectivity index (χ1n) is 2.52. The molecule has 1 radical (unpaired) electrons. The number of hydrogen-bond donors (Lipinski definition) is 0. The Morgan fingerprint density at radius 3 is 2.00 bits per heavy atom. The normalized spacial score (nSPS) is 10.0. The zero-order valence-corrected chi connectivity index (χ0v) is 7.61. The summed E-state index contributed by atoms with van der Waals surface area (Å²) >= 11 is 2.04. The van der Waals surface area contributed by atoms with E-state index >= 15 is 0 Å². The maximum atomic E-state index is 2.90. The molecule has 0 rings (SSSR count). The van der Waals surface area contributed by atoms with Crippen LogP contribution in [0.1, 0.15) is 20.8 Å². The van der Waals surface area contributed by atoms with E-state index < -0.39 is 0 Å².